The van der Waals surface area contributed by atoms with Gasteiger partial charge in [0.25, 0.3) is 0 Å². The van der Waals surface area contributed by atoms with Gasteiger partial charge in [0.1, 0.15) is 0 Å². The number of rotatable bonds is 7. The summed E-state index contributed by atoms with van der Waals surface area (Å²) in [6.45, 7) is 0.532. The minimum absolute atomic E-state index is 0.235. The third-order valence-electron chi connectivity index (χ3n) is 4.75. The molecule has 0 N–H and O–H groups in total. The number of ether oxygens (including phenoxy) is 3. The molecule has 162 valence electrons. The molecule has 0 amide bonds. The van der Waals surface area contributed by atoms with E-state index in [1.54, 1.807) is 13.2 Å². The van der Waals surface area contributed by atoms with Gasteiger partial charge in [0.15, 0.2) is 17.2 Å². The van der Waals surface area contributed by atoms with Gasteiger partial charge < -0.3 is 14.2 Å². The molecule has 4 rings (SSSR count). The second kappa shape index (κ2) is 10.3. The van der Waals surface area contributed by atoms with E-state index < -0.39 is 5.97 Å². The fourth-order valence-electron chi connectivity index (χ4n) is 3.16. The predicted molar refractivity (Wildman–Crippen MR) is 136 cm³/mol. The molecule has 0 unspecified atom stereocenters. The number of esters is 1. The van der Waals surface area contributed by atoms with Gasteiger partial charge in [-0.2, -0.15) is 0 Å². The minimum atomic E-state index is -0.486. The van der Waals surface area contributed by atoms with E-state index in [9.17, 15) is 4.79 Å². The molecular formula is C25H19BrINO4. The lowest BCUT2D eigenvalue weighted by atomic mass is 10.1. The average Bonchev–Trinajstić information content (AvgIpc) is 3.16. The summed E-state index contributed by atoms with van der Waals surface area (Å²) in [6, 6.07) is 21.3. The molecule has 0 bridgehead atoms. The fraction of sp³-hybridized carbons (Fsp3) is 0.120. The van der Waals surface area contributed by atoms with Crippen molar-refractivity contribution in [3.63, 3.8) is 0 Å². The van der Waals surface area contributed by atoms with E-state index in [0.717, 1.165) is 25.6 Å². The summed E-state index contributed by atoms with van der Waals surface area (Å²) in [5.41, 5.74) is 2.95. The van der Waals surface area contributed by atoms with Crippen LogP contribution in [-0.2, 0) is 16.0 Å². The minimum Gasteiger partial charge on any atom is -0.493 e. The normalized spacial score (nSPS) is 14.3. The number of cyclic esters (lactones) is 1. The van der Waals surface area contributed by atoms with Crippen molar-refractivity contribution in [3.05, 3.63) is 97.2 Å². The zero-order chi connectivity index (χ0) is 22.5. The van der Waals surface area contributed by atoms with Crippen molar-refractivity contribution in [2.75, 3.05) is 13.7 Å². The maximum absolute atomic E-state index is 12.3. The van der Waals surface area contributed by atoms with E-state index in [2.05, 4.69) is 55.6 Å². The first-order chi connectivity index (χ1) is 15.5. The van der Waals surface area contributed by atoms with Gasteiger partial charge in [0, 0.05) is 16.5 Å². The van der Waals surface area contributed by atoms with Crippen LogP contribution in [0.3, 0.4) is 0 Å². The Morgan fingerprint density at radius 1 is 1.09 bits per heavy atom. The van der Waals surface area contributed by atoms with Gasteiger partial charge in [0.05, 0.1) is 17.3 Å². The van der Waals surface area contributed by atoms with Crippen LogP contribution in [0.2, 0.25) is 0 Å². The summed E-state index contributed by atoms with van der Waals surface area (Å²) in [4.78, 5) is 16.7. The van der Waals surface area contributed by atoms with E-state index in [1.807, 2.05) is 54.6 Å². The van der Waals surface area contributed by atoms with Crippen LogP contribution in [0.5, 0.6) is 11.5 Å². The molecule has 0 aliphatic carbocycles. The first-order valence-corrected chi connectivity index (χ1v) is 11.7. The van der Waals surface area contributed by atoms with Crippen molar-refractivity contribution in [3.8, 4) is 11.5 Å². The molecule has 0 spiro atoms. The molecule has 0 fully saturated rings. The molecule has 1 aliphatic heterocycles. The largest absolute Gasteiger partial charge is 0.493 e. The average molecular weight is 604 g/mol. The van der Waals surface area contributed by atoms with Crippen LogP contribution in [0.25, 0.3) is 6.08 Å². The lowest BCUT2D eigenvalue weighted by Gasteiger charge is -2.13. The zero-order valence-electron chi connectivity index (χ0n) is 17.2. The van der Waals surface area contributed by atoms with Crippen molar-refractivity contribution in [1.29, 1.82) is 0 Å². The van der Waals surface area contributed by atoms with Crippen molar-refractivity contribution in [1.82, 2.24) is 0 Å². The van der Waals surface area contributed by atoms with Gasteiger partial charge in [-0.1, -0.05) is 46.3 Å². The van der Waals surface area contributed by atoms with Gasteiger partial charge >= 0.3 is 5.97 Å². The Hall–Kier alpha value is -2.65. The highest BCUT2D eigenvalue weighted by Crippen LogP contribution is 2.35. The summed E-state index contributed by atoms with van der Waals surface area (Å²) in [6.07, 6.45) is 2.48. The second-order valence-corrected chi connectivity index (χ2v) is 9.04. The zero-order valence-corrected chi connectivity index (χ0v) is 20.9. The first-order valence-electron chi connectivity index (χ1n) is 9.86. The Labute approximate surface area is 208 Å². The maximum Gasteiger partial charge on any atom is 0.363 e. The standard InChI is InChI=1S/C25H19BrINO4/c1-30-22-15-17(13-20(27)23(22)31-12-11-16-5-3-2-4-6-16)14-21-25(29)32-24(28-21)18-7-9-19(26)10-8-18/h2-10,13-15H,11-12H2,1H3/b21-14-. The number of carbonyl (C=O) groups is 1. The van der Waals surface area contributed by atoms with Crippen molar-refractivity contribution in [2.45, 2.75) is 6.42 Å². The maximum atomic E-state index is 12.3. The topological polar surface area (TPSA) is 57.1 Å². The molecule has 7 heteroatoms. The van der Waals surface area contributed by atoms with Crippen LogP contribution in [0, 0.1) is 3.57 Å². The highest BCUT2D eigenvalue weighted by Gasteiger charge is 2.24. The number of benzene rings is 3. The highest BCUT2D eigenvalue weighted by atomic mass is 127. The van der Waals surface area contributed by atoms with Crippen LogP contribution in [-0.4, -0.2) is 25.6 Å². The van der Waals surface area contributed by atoms with E-state index >= 15 is 0 Å². The molecule has 32 heavy (non-hydrogen) atoms. The number of carbonyl (C=O) groups excluding carboxylic acids is 1. The van der Waals surface area contributed by atoms with Crippen molar-refractivity contribution < 1.29 is 19.0 Å². The van der Waals surface area contributed by atoms with Gasteiger partial charge in [-0.15, -0.1) is 0 Å². The monoisotopic (exact) mass is 603 g/mol. The van der Waals surface area contributed by atoms with Gasteiger partial charge in [-0.25, -0.2) is 9.79 Å². The third-order valence-corrected chi connectivity index (χ3v) is 6.08. The summed E-state index contributed by atoms with van der Waals surface area (Å²) in [5.74, 6) is 1.08. The Balaban J connectivity index is 1.53. The smallest absolute Gasteiger partial charge is 0.363 e. The Bertz CT molecular complexity index is 1190. The quantitative estimate of drug-likeness (QED) is 0.188. The molecule has 0 saturated heterocycles. The summed E-state index contributed by atoms with van der Waals surface area (Å²) in [5, 5.41) is 0. The number of aliphatic imine (C=N–C) groups is 1. The van der Waals surface area contributed by atoms with Crippen LogP contribution in [0.4, 0.5) is 0 Å². The SMILES string of the molecule is COc1cc(/C=C2\N=C(c3ccc(Br)cc3)OC2=O)cc(I)c1OCCc1ccccc1. The molecule has 0 atom stereocenters. The van der Waals surface area contributed by atoms with Crippen molar-refractivity contribution in [2.24, 2.45) is 4.99 Å². The first kappa shape index (κ1) is 22.5. The molecule has 0 radical (unpaired) electrons. The number of hydrogen-bond acceptors (Lipinski definition) is 5. The van der Waals surface area contributed by atoms with Gasteiger partial charge in [0.2, 0.25) is 5.90 Å². The number of halogens is 2. The second-order valence-electron chi connectivity index (χ2n) is 6.96. The predicted octanol–water partition coefficient (Wildman–Crippen LogP) is 6.03. The van der Waals surface area contributed by atoms with Crippen LogP contribution >= 0.6 is 38.5 Å². The van der Waals surface area contributed by atoms with E-state index in [0.29, 0.717) is 18.1 Å². The molecule has 0 aromatic heterocycles. The number of nitrogens with zero attached hydrogens (tertiary/aromatic N) is 1. The molecule has 0 saturated carbocycles. The van der Waals surface area contributed by atoms with E-state index in [1.165, 1.54) is 5.56 Å². The fourth-order valence-corrected chi connectivity index (χ4v) is 4.21. The van der Waals surface area contributed by atoms with E-state index in [4.69, 9.17) is 14.2 Å². The summed E-state index contributed by atoms with van der Waals surface area (Å²) < 4.78 is 18.7. The lowest BCUT2D eigenvalue weighted by Crippen LogP contribution is -2.05. The lowest BCUT2D eigenvalue weighted by molar-refractivity contribution is -0.129. The molecule has 1 aliphatic rings. The van der Waals surface area contributed by atoms with Gasteiger partial charge in [-0.3, -0.25) is 0 Å². The Morgan fingerprint density at radius 2 is 1.84 bits per heavy atom. The molecule has 5 nitrogen and oxygen atoms in total. The van der Waals surface area contributed by atoms with Gasteiger partial charge in [-0.05, 0) is 76.2 Å². The number of methoxy groups -OCH3 is 1. The molecular weight excluding hydrogens is 585 g/mol. The highest BCUT2D eigenvalue weighted by molar-refractivity contribution is 14.1. The van der Waals surface area contributed by atoms with Crippen molar-refractivity contribution >= 4 is 56.5 Å². The third kappa shape index (κ3) is 5.39. The summed E-state index contributed by atoms with van der Waals surface area (Å²) >= 11 is 5.60. The van der Waals surface area contributed by atoms with Crippen LogP contribution < -0.4 is 9.47 Å². The molecule has 3 aromatic rings. The van der Waals surface area contributed by atoms with Crippen LogP contribution in [0.15, 0.2) is 81.9 Å². The Morgan fingerprint density at radius 3 is 2.56 bits per heavy atom. The number of hydrogen-bond donors (Lipinski definition) is 0. The molecule has 1 heterocycles. The Kier molecular flexibility index (Phi) is 7.26. The van der Waals surface area contributed by atoms with Crippen LogP contribution in [0.1, 0.15) is 16.7 Å². The molecule has 3 aromatic carbocycles. The van der Waals surface area contributed by atoms with E-state index in [-0.39, 0.29) is 11.6 Å². The summed E-state index contributed by atoms with van der Waals surface area (Å²) in [7, 11) is 1.60.